The van der Waals surface area contributed by atoms with Crippen molar-refractivity contribution in [3.63, 3.8) is 0 Å². The van der Waals surface area contributed by atoms with Gasteiger partial charge in [0.1, 0.15) is 5.69 Å². The van der Waals surface area contributed by atoms with Crippen LogP contribution in [0.2, 0.25) is 0 Å². The summed E-state index contributed by atoms with van der Waals surface area (Å²) < 4.78 is 0. The fourth-order valence-electron chi connectivity index (χ4n) is 4.72. The van der Waals surface area contributed by atoms with E-state index in [0.717, 1.165) is 21.9 Å². The van der Waals surface area contributed by atoms with Crippen molar-refractivity contribution in [2.24, 2.45) is 11.1 Å². The largest absolute Gasteiger partial charge is 0.475 e. The second kappa shape index (κ2) is 11.7. The monoisotopic (exact) mass is 516 g/mol. The van der Waals surface area contributed by atoms with E-state index in [1.165, 1.54) is 0 Å². The number of rotatable bonds is 10. The number of oxime groups is 1. The quantitative estimate of drug-likeness (QED) is 0.306. The van der Waals surface area contributed by atoms with Crippen LogP contribution < -0.4 is 10.6 Å². The van der Waals surface area contributed by atoms with E-state index < -0.39 is 24.6 Å². The molecule has 1 aliphatic heterocycles. The predicted octanol–water partition coefficient (Wildman–Crippen LogP) is 2.57. The van der Waals surface area contributed by atoms with Crippen LogP contribution in [0.1, 0.15) is 48.3 Å². The molecule has 198 valence electrons. The number of aromatic nitrogens is 1. The Morgan fingerprint density at radius 2 is 1.92 bits per heavy atom. The van der Waals surface area contributed by atoms with E-state index in [0.29, 0.717) is 17.8 Å². The Hall–Kier alpha value is -3.76. The van der Waals surface area contributed by atoms with Gasteiger partial charge in [-0.05, 0) is 36.3 Å². The summed E-state index contributed by atoms with van der Waals surface area (Å²) in [5.41, 5.74) is 1.32. The van der Waals surface area contributed by atoms with E-state index in [-0.39, 0.29) is 31.2 Å². The molecule has 38 heavy (non-hydrogen) atoms. The molecule has 0 saturated heterocycles. The average molecular weight is 516 g/mol. The highest BCUT2D eigenvalue weighted by Gasteiger charge is 2.48. The number of carbonyl (C=O) groups excluding carboxylic acids is 2. The minimum absolute atomic E-state index is 0.0740. The minimum atomic E-state index is -1.72. The van der Waals surface area contributed by atoms with Crippen LogP contribution in [0.15, 0.2) is 65.9 Å². The fourth-order valence-corrected chi connectivity index (χ4v) is 4.72. The summed E-state index contributed by atoms with van der Waals surface area (Å²) in [4.78, 5) is 36.6. The maximum atomic E-state index is 13.6. The molecule has 0 spiro atoms. The van der Waals surface area contributed by atoms with E-state index in [1.807, 2.05) is 75.4 Å². The molecule has 0 saturated carbocycles. The zero-order valence-electron chi connectivity index (χ0n) is 21.8. The Morgan fingerprint density at radius 3 is 2.66 bits per heavy atom. The summed E-state index contributed by atoms with van der Waals surface area (Å²) in [6.07, 6.45) is 2.33. The third-order valence-electron chi connectivity index (χ3n) is 6.57. The summed E-state index contributed by atoms with van der Waals surface area (Å²) in [5.74, 6) is -1.57. The Balaban J connectivity index is 1.50. The Morgan fingerprint density at radius 1 is 1.13 bits per heavy atom. The molecule has 4 N–H and O–H groups in total. The van der Waals surface area contributed by atoms with Gasteiger partial charge < -0.3 is 25.5 Å². The fraction of sp³-hybridized carbons (Fsp3) is 0.357. The van der Waals surface area contributed by atoms with Gasteiger partial charge in [-0.15, -0.1) is 0 Å². The number of nitrogens with zero attached hydrogens (tertiary/aromatic N) is 2. The van der Waals surface area contributed by atoms with Crippen LogP contribution in [-0.4, -0.2) is 57.8 Å². The molecule has 4 rings (SSSR count). The van der Waals surface area contributed by atoms with Crippen LogP contribution in [0.4, 0.5) is 0 Å². The molecule has 2 aromatic carbocycles. The lowest BCUT2D eigenvalue weighted by molar-refractivity contribution is -0.144. The molecule has 0 fully saturated rings. The van der Waals surface area contributed by atoms with Crippen LogP contribution in [0.5, 0.6) is 0 Å². The van der Waals surface area contributed by atoms with Gasteiger partial charge in [0, 0.05) is 24.4 Å². The maximum Gasteiger partial charge on any atom is 0.475 e. The minimum Gasteiger partial charge on any atom is -0.426 e. The number of aryl methyl sites for hydroxylation is 1. The summed E-state index contributed by atoms with van der Waals surface area (Å²) >= 11 is 0. The van der Waals surface area contributed by atoms with Gasteiger partial charge in [-0.1, -0.05) is 73.1 Å². The van der Waals surface area contributed by atoms with E-state index >= 15 is 0 Å². The average Bonchev–Trinajstić information content (AvgIpc) is 3.30. The molecule has 9 nitrogen and oxygen atoms in total. The number of fused-ring (bicyclic) bond motifs is 1. The maximum absolute atomic E-state index is 13.6. The zero-order valence-corrected chi connectivity index (χ0v) is 21.8. The van der Waals surface area contributed by atoms with Gasteiger partial charge in [0.05, 0.1) is 18.2 Å². The Bertz CT molecular complexity index is 1340. The molecule has 2 heterocycles. The summed E-state index contributed by atoms with van der Waals surface area (Å²) in [5, 5.41) is 31.1. The summed E-state index contributed by atoms with van der Waals surface area (Å²) in [6, 6.07) is 17.1. The van der Waals surface area contributed by atoms with Gasteiger partial charge >= 0.3 is 7.12 Å². The molecule has 0 aliphatic carbocycles. The Labute approximate surface area is 222 Å². The van der Waals surface area contributed by atoms with Crippen LogP contribution in [0.25, 0.3) is 10.8 Å². The van der Waals surface area contributed by atoms with Gasteiger partial charge in [-0.25, -0.2) is 0 Å². The number of hydrogen-bond acceptors (Lipinski definition) is 7. The van der Waals surface area contributed by atoms with Crippen LogP contribution >= 0.6 is 0 Å². The number of amides is 2. The first-order chi connectivity index (χ1) is 18.2. The van der Waals surface area contributed by atoms with Gasteiger partial charge in [0.25, 0.3) is 11.8 Å². The highest BCUT2D eigenvalue weighted by molar-refractivity contribution is 6.43. The number of pyridine rings is 1. The van der Waals surface area contributed by atoms with Crippen molar-refractivity contribution in [3.05, 3.63) is 77.6 Å². The molecule has 2 amide bonds. The lowest BCUT2D eigenvalue weighted by Gasteiger charge is -2.29. The van der Waals surface area contributed by atoms with Crippen LogP contribution in [0, 0.1) is 12.8 Å². The molecule has 1 unspecified atom stereocenters. The molecular formula is C28H33BN4O5. The molecule has 0 bridgehead atoms. The smallest absolute Gasteiger partial charge is 0.426 e. The van der Waals surface area contributed by atoms with Crippen molar-refractivity contribution in [2.75, 3.05) is 6.54 Å². The van der Waals surface area contributed by atoms with Gasteiger partial charge in [-0.2, -0.15) is 0 Å². The van der Waals surface area contributed by atoms with Gasteiger partial charge in [0.15, 0.2) is 0 Å². The summed E-state index contributed by atoms with van der Waals surface area (Å²) in [6.45, 7) is 5.91. The predicted molar refractivity (Wildman–Crippen MR) is 146 cm³/mol. The second-order valence-electron chi connectivity index (χ2n) is 10.3. The number of carbonyl (C=O) groups is 2. The lowest BCUT2D eigenvalue weighted by atomic mass is 9.74. The zero-order chi connectivity index (χ0) is 27.3. The first kappa shape index (κ1) is 27.3. The molecule has 1 aliphatic rings. The number of benzene rings is 2. The van der Waals surface area contributed by atoms with Crippen molar-refractivity contribution in [1.29, 1.82) is 0 Å². The third kappa shape index (κ3) is 6.38. The third-order valence-corrected chi connectivity index (χ3v) is 6.57. The van der Waals surface area contributed by atoms with Crippen LogP contribution in [-0.2, 0) is 16.1 Å². The SMILES string of the molecule is Cc1cccc(CC2(C(=O)N[C@@H](CC(C)C)B(O)O)CC(CNC(=O)c3nccc4ccccc34)=NO2)c1. The van der Waals surface area contributed by atoms with Gasteiger partial charge in [0.2, 0.25) is 5.60 Å². The van der Waals surface area contributed by atoms with E-state index in [4.69, 9.17) is 4.84 Å². The summed E-state index contributed by atoms with van der Waals surface area (Å²) in [7, 11) is -1.72. The lowest BCUT2D eigenvalue weighted by Crippen LogP contribution is -2.56. The van der Waals surface area contributed by atoms with Crippen molar-refractivity contribution in [2.45, 2.75) is 51.6 Å². The molecule has 10 heteroatoms. The second-order valence-corrected chi connectivity index (χ2v) is 10.3. The van der Waals surface area contributed by atoms with Crippen molar-refractivity contribution < 1.29 is 24.5 Å². The highest BCUT2D eigenvalue weighted by Crippen LogP contribution is 2.30. The molecule has 2 atom stereocenters. The van der Waals surface area contributed by atoms with E-state index in [9.17, 15) is 19.6 Å². The van der Waals surface area contributed by atoms with E-state index in [1.54, 1.807) is 6.20 Å². The van der Waals surface area contributed by atoms with E-state index in [2.05, 4.69) is 20.8 Å². The standard InChI is InChI=1S/C28H33BN4O5/c1-18(2)13-24(29(36)37)32-27(35)28(15-20-8-6-7-19(3)14-20)16-22(33-38-28)17-31-26(34)25-23-10-5-4-9-21(23)11-12-30-25/h4-12,14,18,24,36-37H,13,15-17H2,1-3H3,(H,31,34)(H,32,35)/t24-,28?/m0/s1. The van der Waals surface area contributed by atoms with Crippen molar-refractivity contribution >= 4 is 35.4 Å². The topological polar surface area (TPSA) is 133 Å². The molecule has 3 aromatic rings. The number of nitrogens with one attached hydrogen (secondary N) is 2. The van der Waals surface area contributed by atoms with Crippen molar-refractivity contribution in [1.82, 2.24) is 15.6 Å². The van der Waals surface area contributed by atoms with Gasteiger partial charge in [-0.3, -0.25) is 14.6 Å². The van der Waals surface area contributed by atoms with Crippen molar-refractivity contribution in [3.8, 4) is 0 Å². The molecular weight excluding hydrogens is 483 g/mol. The Kier molecular flexibility index (Phi) is 8.43. The van der Waals surface area contributed by atoms with Crippen LogP contribution in [0.3, 0.4) is 0 Å². The highest BCUT2D eigenvalue weighted by atomic mass is 16.7. The first-order valence-electron chi connectivity index (χ1n) is 12.8. The first-order valence-corrected chi connectivity index (χ1v) is 12.8. The molecule has 1 aromatic heterocycles. The normalized spacial score (nSPS) is 17.6. The molecule has 0 radical (unpaired) electrons. The number of hydrogen-bond donors (Lipinski definition) is 4.